The van der Waals surface area contributed by atoms with Crippen LogP contribution in [0.2, 0.25) is 0 Å². The Hall–Kier alpha value is -0.860. The summed E-state index contributed by atoms with van der Waals surface area (Å²) in [6.07, 6.45) is 0. The maximum Gasteiger partial charge on any atom is 0.0590 e. The van der Waals surface area contributed by atoms with Crippen LogP contribution in [0.4, 0.5) is 0 Å². The van der Waals surface area contributed by atoms with Crippen molar-refractivity contribution in [1.82, 2.24) is 5.32 Å². The number of fused-ring (bicyclic) bond motifs is 3. The molecule has 1 saturated heterocycles. The number of hydrogen-bond donors (Lipinski definition) is 2. The molecule has 86 valence electrons. The Morgan fingerprint density at radius 2 is 2.12 bits per heavy atom. The average molecular weight is 217 g/mol. The Balaban J connectivity index is 2.13. The van der Waals surface area contributed by atoms with E-state index in [2.05, 4.69) is 43.4 Å². The summed E-state index contributed by atoms with van der Waals surface area (Å²) in [5.74, 6) is 1.12. The van der Waals surface area contributed by atoms with Crippen LogP contribution in [0.3, 0.4) is 0 Å². The highest BCUT2D eigenvalue weighted by Gasteiger charge is 2.51. The minimum absolute atomic E-state index is 0.234. The second-order valence-electron chi connectivity index (χ2n) is 5.64. The summed E-state index contributed by atoms with van der Waals surface area (Å²) >= 11 is 0. The number of benzene rings is 1. The van der Waals surface area contributed by atoms with E-state index >= 15 is 0 Å². The van der Waals surface area contributed by atoms with Crippen molar-refractivity contribution in [2.45, 2.75) is 31.2 Å². The van der Waals surface area contributed by atoms with Gasteiger partial charge in [0.05, 0.1) is 6.61 Å². The molecule has 0 bridgehead atoms. The highest BCUT2D eigenvalue weighted by atomic mass is 16.3. The molecule has 2 nitrogen and oxygen atoms in total. The van der Waals surface area contributed by atoms with Gasteiger partial charge < -0.3 is 10.4 Å². The summed E-state index contributed by atoms with van der Waals surface area (Å²) in [7, 11) is 0. The minimum atomic E-state index is 0.234. The molecule has 0 spiro atoms. The van der Waals surface area contributed by atoms with Gasteiger partial charge in [-0.25, -0.2) is 0 Å². The van der Waals surface area contributed by atoms with Crippen molar-refractivity contribution in [2.24, 2.45) is 5.92 Å². The predicted molar refractivity (Wildman–Crippen MR) is 64.6 cm³/mol. The van der Waals surface area contributed by atoms with Gasteiger partial charge in [0, 0.05) is 12.0 Å². The molecular formula is C14H19NO. The van der Waals surface area contributed by atoms with E-state index < -0.39 is 0 Å². The molecule has 1 heterocycles. The molecule has 2 unspecified atom stereocenters. The number of aliphatic hydroxyl groups excluding tert-OH is 1. The summed E-state index contributed by atoms with van der Waals surface area (Å²) in [6, 6.07) is 8.97. The lowest BCUT2D eigenvalue weighted by Gasteiger charge is -2.27. The van der Waals surface area contributed by atoms with Crippen molar-refractivity contribution < 1.29 is 5.11 Å². The van der Waals surface area contributed by atoms with E-state index in [4.69, 9.17) is 0 Å². The summed E-state index contributed by atoms with van der Waals surface area (Å²) in [5, 5.41) is 12.9. The van der Waals surface area contributed by atoms with Gasteiger partial charge in [0.25, 0.3) is 0 Å². The van der Waals surface area contributed by atoms with Crippen LogP contribution < -0.4 is 5.32 Å². The zero-order chi connectivity index (χ0) is 11.3. The van der Waals surface area contributed by atoms with Crippen LogP contribution in [0.5, 0.6) is 0 Å². The molecule has 0 saturated carbocycles. The van der Waals surface area contributed by atoms with Crippen molar-refractivity contribution in [3.05, 3.63) is 35.4 Å². The first kappa shape index (κ1) is 10.3. The third-order valence-electron chi connectivity index (χ3n) is 4.60. The zero-order valence-electron chi connectivity index (χ0n) is 9.90. The third kappa shape index (κ3) is 1.14. The predicted octanol–water partition coefficient (Wildman–Crippen LogP) is 1.64. The Bertz CT molecular complexity index is 413. The quantitative estimate of drug-likeness (QED) is 0.749. The van der Waals surface area contributed by atoms with Crippen molar-refractivity contribution in [3.8, 4) is 0 Å². The first-order chi connectivity index (χ1) is 7.66. The van der Waals surface area contributed by atoms with Gasteiger partial charge >= 0.3 is 0 Å². The van der Waals surface area contributed by atoms with E-state index in [0.29, 0.717) is 11.8 Å². The van der Waals surface area contributed by atoms with E-state index in [0.717, 1.165) is 6.54 Å². The molecule has 1 aliphatic heterocycles. The van der Waals surface area contributed by atoms with Gasteiger partial charge in [-0.3, -0.25) is 0 Å². The van der Waals surface area contributed by atoms with E-state index in [1.165, 1.54) is 11.1 Å². The second-order valence-corrected chi connectivity index (χ2v) is 5.64. The summed E-state index contributed by atoms with van der Waals surface area (Å²) in [6.45, 7) is 5.93. The van der Waals surface area contributed by atoms with Crippen LogP contribution in [0.25, 0.3) is 0 Å². The van der Waals surface area contributed by atoms with Crippen molar-refractivity contribution in [3.63, 3.8) is 0 Å². The van der Waals surface area contributed by atoms with Crippen LogP contribution in [0.1, 0.15) is 30.9 Å². The monoisotopic (exact) mass is 217 g/mol. The van der Waals surface area contributed by atoms with Crippen LogP contribution >= 0.6 is 0 Å². The smallest absolute Gasteiger partial charge is 0.0590 e. The van der Waals surface area contributed by atoms with E-state index in [1.54, 1.807) is 0 Å². The van der Waals surface area contributed by atoms with Gasteiger partial charge in [-0.15, -0.1) is 0 Å². The van der Waals surface area contributed by atoms with Crippen LogP contribution in [-0.2, 0) is 5.41 Å². The largest absolute Gasteiger partial charge is 0.395 e. The molecule has 3 atom stereocenters. The molecule has 2 aliphatic rings. The molecule has 2 N–H and O–H groups in total. The van der Waals surface area contributed by atoms with Crippen molar-refractivity contribution in [2.75, 3.05) is 13.2 Å². The number of hydrogen-bond acceptors (Lipinski definition) is 2. The lowest BCUT2D eigenvalue weighted by molar-refractivity contribution is 0.237. The van der Waals surface area contributed by atoms with Crippen LogP contribution in [-0.4, -0.2) is 24.3 Å². The van der Waals surface area contributed by atoms with E-state index in [9.17, 15) is 5.11 Å². The molecule has 2 heteroatoms. The molecule has 1 aliphatic carbocycles. The van der Waals surface area contributed by atoms with Crippen LogP contribution in [0, 0.1) is 5.92 Å². The van der Waals surface area contributed by atoms with Gasteiger partial charge in [0.1, 0.15) is 0 Å². The Labute approximate surface area is 96.7 Å². The first-order valence-electron chi connectivity index (χ1n) is 6.10. The SMILES string of the molecule is CC1(C)c2ccccc2C2C1CN[C@@H]2CO. The highest BCUT2D eigenvalue weighted by Crippen LogP contribution is 2.53. The first-order valence-corrected chi connectivity index (χ1v) is 6.10. The summed E-state index contributed by atoms with van der Waals surface area (Å²) in [5.41, 5.74) is 3.16. The average Bonchev–Trinajstić information content (AvgIpc) is 2.80. The molecule has 0 radical (unpaired) electrons. The van der Waals surface area contributed by atoms with Gasteiger partial charge in [-0.1, -0.05) is 38.1 Å². The fourth-order valence-corrected chi connectivity index (χ4v) is 3.70. The lowest BCUT2D eigenvalue weighted by atomic mass is 9.76. The van der Waals surface area contributed by atoms with E-state index in [-0.39, 0.29) is 18.1 Å². The summed E-state index contributed by atoms with van der Waals surface area (Å²) < 4.78 is 0. The molecule has 1 aromatic carbocycles. The molecule has 16 heavy (non-hydrogen) atoms. The van der Waals surface area contributed by atoms with Crippen molar-refractivity contribution >= 4 is 0 Å². The van der Waals surface area contributed by atoms with E-state index in [1.807, 2.05) is 0 Å². The van der Waals surface area contributed by atoms with Crippen molar-refractivity contribution in [1.29, 1.82) is 0 Å². The molecule has 0 aromatic heterocycles. The standard InChI is InChI=1S/C14H19NO/c1-14(2)10-6-4-3-5-9(10)13-11(14)7-15-12(13)8-16/h3-6,11-13,15-16H,7-8H2,1-2H3/t11?,12-,13?/m1/s1. The highest BCUT2D eigenvalue weighted by molar-refractivity contribution is 5.45. The van der Waals surface area contributed by atoms with Gasteiger partial charge in [0.2, 0.25) is 0 Å². The fourth-order valence-electron chi connectivity index (χ4n) is 3.70. The Morgan fingerprint density at radius 3 is 2.88 bits per heavy atom. The van der Waals surface area contributed by atoms with Gasteiger partial charge in [-0.2, -0.15) is 0 Å². The molecule has 1 aromatic rings. The fraction of sp³-hybridized carbons (Fsp3) is 0.571. The molecule has 1 fully saturated rings. The molecule has 3 rings (SSSR count). The number of nitrogens with one attached hydrogen (secondary N) is 1. The maximum atomic E-state index is 9.45. The summed E-state index contributed by atoms with van der Waals surface area (Å²) in [4.78, 5) is 0. The lowest BCUT2D eigenvalue weighted by Crippen LogP contribution is -2.29. The maximum absolute atomic E-state index is 9.45. The second kappa shape index (κ2) is 3.31. The topological polar surface area (TPSA) is 32.3 Å². The Morgan fingerprint density at radius 1 is 1.38 bits per heavy atom. The molecule has 0 amide bonds. The minimum Gasteiger partial charge on any atom is -0.395 e. The van der Waals surface area contributed by atoms with Gasteiger partial charge in [-0.05, 0) is 29.0 Å². The normalized spacial score (nSPS) is 34.8. The number of rotatable bonds is 1. The number of aliphatic hydroxyl groups is 1. The zero-order valence-corrected chi connectivity index (χ0v) is 9.90. The van der Waals surface area contributed by atoms with Crippen LogP contribution in [0.15, 0.2) is 24.3 Å². The Kier molecular flexibility index (Phi) is 2.13. The molecular weight excluding hydrogens is 198 g/mol. The third-order valence-corrected chi connectivity index (χ3v) is 4.60. The van der Waals surface area contributed by atoms with Gasteiger partial charge in [0.15, 0.2) is 0 Å².